The number of aryl methyl sites for hydroxylation is 1. The molecule has 0 aliphatic heterocycles. The highest BCUT2D eigenvalue weighted by molar-refractivity contribution is 7.16. The zero-order valence-corrected chi connectivity index (χ0v) is 16.5. The average molecular weight is 396 g/mol. The summed E-state index contributed by atoms with van der Waals surface area (Å²) in [4.78, 5) is 40.3. The maximum absolute atomic E-state index is 12.1. The van der Waals surface area contributed by atoms with Crippen molar-refractivity contribution >= 4 is 44.9 Å². The molecule has 0 aliphatic rings. The van der Waals surface area contributed by atoms with E-state index >= 15 is 0 Å². The average Bonchev–Trinajstić information content (AvgIpc) is 3.16. The zero-order valence-electron chi connectivity index (χ0n) is 15.7. The molecule has 7 heteroatoms. The summed E-state index contributed by atoms with van der Waals surface area (Å²) in [7, 11) is 0. The fourth-order valence-electron chi connectivity index (χ4n) is 2.64. The van der Waals surface area contributed by atoms with Gasteiger partial charge in [-0.15, -0.1) is 11.3 Å². The van der Waals surface area contributed by atoms with Gasteiger partial charge in [-0.2, -0.15) is 0 Å². The molecule has 0 aliphatic carbocycles. The van der Waals surface area contributed by atoms with E-state index in [1.165, 1.54) is 11.3 Å². The summed E-state index contributed by atoms with van der Waals surface area (Å²) in [5, 5.41) is 2.81. The number of ether oxygens (including phenoxy) is 1. The van der Waals surface area contributed by atoms with Gasteiger partial charge in [-0.3, -0.25) is 9.59 Å². The minimum absolute atomic E-state index is 0.0118. The predicted octanol–water partition coefficient (Wildman–Crippen LogP) is 4.06. The molecule has 1 heterocycles. The monoisotopic (exact) mass is 396 g/mol. The molecular formula is C21H20N2O4S. The highest BCUT2D eigenvalue weighted by atomic mass is 32.1. The Morgan fingerprint density at radius 1 is 1.11 bits per heavy atom. The quantitative estimate of drug-likeness (QED) is 0.609. The molecule has 0 spiro atoms. The van der Waals surface area contributed by atoms with Crippen LogP contribution in [0.15, 0.2) is 41.9 Å². The van der Waals surface area contributed by atoms with Gasteiger partial charge in [-0.25, -0.2) is 9.78 Å². The van der Waals surface area contributed by atoms with E-state index in [4.69, 9.17) is 4.74 Å². The fraction of sp³-hybridized carbons (Fsp3) is 0.238. The van der Waals surface area contributed by atoms with E-state index in [-0.39, 0.29) is 31.1 Å². The fourth-order valence-corrected chi connectivity index (χ4v) is 3.35. The lowest BCUT2D eigenvalue weighted by molar-refractivity contribution is -0.125. The lowest BCUT2D eigenvalue weighted by atomic mass is 10.1. The third-order valence-electron chi connectivity index (χ3n) is 4.44. The molecule has 0 saturated heterocycles. The highest BCUT2D eigenvalue weighted by Crippen LogP contribution is 2.20. The number of fused-ring (bicyclic) bond motifs is 1. The second-order valence-corrected chi connectivity index (χ2v) is 7.33. The van der Waals surface area contributed by atoms with E-state index in [0.29, 0.717) is 5.56 Å². The normalized spacial score (nSPS) is 10.6. The van der Waals surface area contributed by atoms with Gasteiger partial charge < -0.3 is 10.1 Å². The summed E-state index contributed by atoms with van der Waals surface area (Å²) in [6, 6.07) is 10.7. The van der Waals surface area contributed by atoms with Gasteiger partial charge >= 0.3 is 5.97 Å². The smallest absolute Gasteiger partial charge is 0.338 e. The zero-order chi connectivity index (χ0) is 20.1. The molecule has 2 aromatic carbocycles. The lowest BCUT2D eigenvalue weighted by Gasteiger charge is -2.10. The Kier molecular flexibility index (Phi) is 6.16. The number of nitrogens with one attached hydrogen (secondary N) is 1. The molecule has 0 bridgehead atoms. The Morgan fingerprint density at radius 3 is 2.75 bits per heavy atom. The van der Waals surface area contributed by atoms with Gasteiger partial charge in [0, 0.05) is 18.5 Å². The number of anilines is 1. The van der Waals surface area contributed by atoms with Crippen molar-refractivity contribution in [2.24, 2.45) is 0 Å². The van der Waals surface area contributed by atoms with Crippen LogP contribution in [0.3, 0.4) is 0 Å². The molecule has 0 atom stereocenters. The second-order valence-electron chi connectivity index (χ2n) is 6.45. The number of carbonyl (C=O) groups is 3. The largest absolute Gasteiger partial charge is 0.454 e. The molecule has 6 nitrogen and oxygen atoms in total. The molecule has 0 saturated carbocycles. The Balaban J connectivity index is 1.45. The first-order valence-corrected chi connectivity index (χ1v) is 9.70. The summed E-state index contributed by atoms with van der Waals surface area (Å²) in [5.74, 6) is -1.11. The Morgan fingerprint density at radius 2 is 1.93 bits per heavy atom. The standard InChI is InChI=1S/C21H20N2O4S/c1-13-4-3-5-17(14(13)2)23-20(25)9-7-16(24)11-27-21(26)15-6-8-18-19(10-15)28-12-22-18/h3-6,8,10,12H,7,9,11H2,1-2H3,(H,23,25). The van der Waals surface area contributed by atoms with Crippen LogP contribution in [0.5, 0.6) is 0 Å². The van der Waals surface area contributed by atoms with Crippen LogP contribution in [0.25, 0.3) is 10.2 Å². The first kappa shape index (κ1) is 19.7. The Hall–Kier alpha value is -3.06. The van der Waals surface area contributed by atoms with Gasteiger partial charge in [0.15, 0.2) is 5.78 Å². The minimum atomic E-state index is -0.566. The lowest BCUT2D eigenvalue weighted by Crippen LogP contribution is -2.18. The van der Waals surface area contributed by atoms with Crippen LogP contribution < -0.4 is 5.32 Å². The molecule has 1 amide bonds. The number of amides is 1. The summed E-state index contributed by atoms with van der Waals surface area (Å²) in [5.41, 5.74) is 5.70. The van der Waals surface area contributed by atoms with Crippen molar-refractivity contribution in [3.05, 3.63) is 58.6 Å². The minimum Gasteiger partial charge on any atom is -0.454 e. The van der Waals surface area contributed by atoms with E-state index in [1.54, 1.807) is 23.7 Å². The summed E-state index contributed by atoms with van der Waals surface area (Å²) >= 11 is 1.43. The first-order chi connectivity index (χ1) is 13.4. The number of ketones is 1. The molecule has 0 radical (unpaired) electrons. The predicted molar refractivity (Wildman–Crippen MR) is 109 cm³/mol. The number of nitrogens with zero attached hydrogens (tertiary/aromatic N) is 1. The Bertz CT molecular complexity index is 1040. The topological polar surface area (TPSA) is 85.4 Å². The number of hydrogen-bond acceptors (Lipinski definition) is 6. The van der Waals surface area contributed by atoms with Gasteiger partial charge in [0.05, 0.1) is 21.3 Å². The summed E-state index contributed by atoms with van der Waals surface area (Å²) < 4.78 is 5.94. The molecule has 28 heavy (non-hydrogen) atoms. The molecule has 3 rings (SSSR count). The molecule has 1 N–H and O–H groups in total. The van der Waals surface area contributed by atoms with Gasteiger partial charge in [0.2, 0.25) is 5.91 Å². The number of carbonyl (C=O) groups excluding carboxylic acids is 3. The number of esters is 1. The molecule has 1 aromatic heterocycles. The molecule has 0 fully saturated rings. The second kappa shape index (κ2) is 8.75. The molecular weight excluding hydrogens is 376 g/mol. The van der Waals surface area contributed by atoms with Crippen molar-refractivity contribution in [2.45, 2.75) is 26.7 Å². The maximum atomic E-state index is 12.1. The molecule has 3 aromatic rings. The van der Waals surface area contributed by atoms with Crippen LogP contribution in [0, 0.1) is 13.8 Å². The third-order valence-corrected chi connectivity index (χ3v) is 5.23. The number of rotatable bonds is 7. The van der Waals surface area contributed by atoms with Crippen LogP contribution in [0.4, 0.5) is 5.69 Å². The van der Waals surface area contributed by atoms with Crippen molar-refractivity contribution < 1.29 is 19.1 Å². The van der Waals surface area contributed by atoms with Crippen molar-refractivity contribution in [1.29, 1.82) is 0 Å². The van der Waals surface area contributed by atoms with Crippen molar-refractivity contribution in [2.75, 3.05) is 11.9 Å². The van der Waals surface area contributed by atoms with Crippen molar-refractivity contribution in [3.8, 4) is 0 Å². The molecule has 0 unspecified atom stereocenters. The summed E-state index contributed by atoms with van der Waals surface area (Å²) in [6.45, 7) is 3.55. The van der Waals surface area contributed by atoms with Crippen LogP contribution in [0.2, 0.25) is 0 Å². The SMILES string of the molecule is Cc1cccc(NC(=O)CCC(=O)COC(=O)c2ccc3ncsc3c2)c1C. The molecule has 144 valence electrons. The van der Waals surface area contributed by atoms with Crippen molar-refractivity contribution in [1.82, 2.24) is 4.98 Å². The summed E-state index contributed by atoms with van der Waals surface area (Å²) in [6.07, 6.45) is 0.0500. The van der Waals surface area contributed by atoms with Gasteiger partial charge in [-0.1, -0.05) is 12.1 Å². The number of Topliss-reactive ketones (excluding diaryl/α,β-unsaturated/α-hetero) is 1. The van der Waals surface area contributed by atoms with Gasteiger partial charge in [0.25, 0.3) is 0 Å². The van der Waals surface area contributed by atoms with E-state index in [9.17, 15) is 14.4 Å². The third kappa shape index (κ3) is 4.80. The van der Waals surface area contributed by atoms with E-state index < -0.39 is 5.97 Å². The number of thiazole rings is 1. The van der Waals surface area contributed by atoms with Crippen molar-refractivity contribution in [3.63, 3.8) is 0 Å². The van der Waals surface area contributed by atoms with Crippen LogP contribution in [0.1, 0.15) is 34.3 Å². The highest BCUT2D eigenvalue weighted by Gasteiger charge is 2.13. The van der Waals surface area contributed by atoms with Gasteiger partial charge in [0.1, 0.15) is 6.61 Å². The number of benzene rings is 2. The van der Waals surface area contributed by atoms with Crippen LogP contribution in [-0.4, -0.2) is 29.3 Å². The maximum Gasteiger partial charge on any atom is 0.338 e. The van der Waals surface area contributed by atoms with E-state index in [0.717, 1.165) is 27.0 Å². The van der Waals surface area contributed by atoms with E-state index in [1.807, 2.05) is 32.0 Å². The van der Waals surface area contributed by atoms with E-state index in [2.05, 4.69) is 10.3 Å². The first-order valence-electron chi connectivity index (χ1n) is 8.82. The van der Waals surface area contributed by atoms with Gasteiger partial charge in [-0.05, 0) is 49.2 Å². The van der Waals surface area contributed by atoms with Crippen LogP contribution in [-0.2, 0) is 14.3 Å². The Labute approximate surface area is 166 Å². The van der Waals surface area contributed by atoms with Crippen LogP contribution >= 0.6 is 11.3 Å². The number of aromatic nitrogens is 1. The number of hydrogen-bond donors (Lipinski definition) is 1.